The molecule has 15 heavy (non-hydrogen) atoms. The topological polar surface area (TPSA) is 0 Å². The Kier molecular flexibility index (Phi) is 2.86. The number of hydrogen-bond donors (Lipinski definition) is 0. The molecule has 0 aliphatic heterocycles. The van der Waals surface area contributed by atoms with Gasteiger partial charge in [-0.3, -0.25) is 0 Å². The molecule has 2 aromatic rings. The fourth-order valence-corrected chi connectivity index (χ4v) is 1.92. The van der Waals surface area contributed by atoms with Gasteiger partial charge in [-0.15, -0.1) is 0 Å². The van der Waals surface area contributed by atoms with E-state index in [4.69, 9.17) is 0 Å². The SMILES string of the molecule is C/C=c1/cc2ccccc2c/c1=C/CC. The Balaban J connectivity index is 2.88. The molecule has 2 aromatic carbocycles. The third kappa shape index (κ3) is 1.94. The summed E-state index contributed by atoms with van der Waals surface area (Å²) in [4.78, 5) is 0. The third-order valence-corrected chi connectivity index (χ3v) is 2.69. The van der Waals surface area contributed by atoms with E-state index in [1.54, 1.807) is 0 Å². The van der Waals surface area contributed by atoms with E-state index in [9.17, 15) is 0 Å². The summed E-state index contributed by atoms with van der Waals surface area (Å²) in [6.07, 6.45) is 5.54. The Bertz CT molecular complexity index is 577. The van der Waals surface area contributed by atoms with Crippen molar-refractivity contribution in [1.29, 1.82) is 0 Å². The molecule has 76 valence electrons. The molecule has 0 unspecified atom stereocenters. The summed E-state index contributed by atoms with van der Waals surface area (Å²) in [5.41, 5.74) is 0. The van der Waals surface area contributed by atoms with E-state index >= 15 is 0 Å². The first-order chi connectivity index (χ1) is 7.35. The molecular formula is C15H16. The van der Waals surface area contributed by atoms with E-state index in [2.05, 4.69) is 62.4 Å². The number of hydrogen-bond acceptors (Lipinski definition) is 0. The fourth-order valence-electron chi connectivity index (χ4n) is 1.92. The summed E-state index contributed by atoms with van der Waals surface area (Å²) in [7, 11) is 0. The Morgan fingerprint density at radius 1 is 1.00 bits per heavy atom. The van der Waals surface area contributed by atoms with Crippen LogP contribution < -0.4 is 10.4 Å². The molecule has 0 fully saturated rings. The predicted octanol–water partition coefficient (Wildman–Crippen LogP) is 2.83. The Morgan fingerprint density at radius 2 is 1.60 bits per heavy atom. The van der Waals surface area contributed by atoms with Crippen LogP contribution in [0.5, 0.6) is 0 Å². The zero-order valence-electron chi connectivity index (χ0n) is 9.33. The molecule has 0 radical (unpaired) electrons. The zero-order valence-corrected chi connectivity index (χ0v) is 9.33. The van der Waals surface area contributed by atoms with Gasteiger partial charge in [0.25, 0.3) is 0 Å². The molecule has 0 aliphatic carbocycles. The normalized spacial score (nSPS) is 13.7. The molecule has 0 N–H and O–H groups in total. The molecule has 0 spiro atoms. The van der Waals surface area contributed by atoms with Crippen molar-refractivity contribution in [3.05, 3.63) is 46.8 Å². The molecule has 0 amide bonds. The van der Waals surface area contributed by atoms with E-state index in [1.807, 2.05) is 0 Å². The third-order valence-electron chi connectivity index (χ3n) is 2.69. The van der Waals surface area contributed by atoms with Crippen LogP contribution in [0.15, 0.2) is 36.4 Å². The van der Waals surface area contributed by atoms with Crippen molar-refractivity contribution in [2.75, 3.05) is 0 Å². The van der Waals surface area contributed by atoms with Crippen LogP contribution in [0.1, 0.15) is 20.3 Å². The minimum absolute atomic E-state index is 1.08. The summed E-state index contributed by atoms with van der Waals surface area (Å²) in [6.45, 7) is 4.27. The maximum atomic E-state index is 2.28. The molecule has 0 bridgehead atoms. The van der Waals surface area contributed by atoms with Gasteiger partial charge in [-0.2, -0.15) is 0 Å². The summed E-state index contributed by atoms with van der Waals surface area (Å²) < 4.78 is 0. The van der Waals surface area contributed by atoms with Gasteiger partial charge in [0.15, 0.2) is 0 Å². The van der Waals surface area contributed by atoms with Crippen molar-refractivity contribution < 1.29 is 0 Å². The standard InChI is InChI=1S/C15H16/c1-3-7-13-11-15-9-6-5-8-14(15)10-12(13)4-2/h4-11H,3H2,1-2H3/b12-4-,13-7-. The first-order valence-corrected chi connectivity index (χ1v) is 5.50. The van der Waals surface area contributed by atoms with Crippen molar-refractivity contribution in [2.24, 2.45) is 0 Å². The average Bonchev–Trinajstić information content (AvgIpc) is 2.28. The Labute approximate surface area is 90.6 Å². The summed E-state index contributed by atoms with van der Waals surface area (Å²) >= 11 is 0. The van der Waals surface area contributed by atoms with Gasteiger partial charge < -0.3 is 0 Å². The highest BCUT2D eigenvalue weighted by molar-refractivity contribution is 5.82. The second kappa shape index (κ2) is 4.31. The van der Waals surface area contributed by atoms with Gasteiger partial charge in [0.1, 0.15) is 0 Å². The van der Waals surface area contributed by atoms with E-state index in [0.29, 0.717) is 0 Å². The molecule has 0 aromatic heterocycles. The van der Waals surface area contributed by atoms with Gasteiger partial charge in [0, 0.05) is 0 Å². The molecule has 0 heteroatoms. The molecule has 0 nitrogen and oxygen atoms in total. The highest BCUT2D eigenvalue weighted by atomic mass is 14.0. The quantitative estimate of drug-likeness (QED) is 0.658. The molecule has 0 atom stereocenters. The van der Waals surface area contributed by atoms with Gasteiger partial charge in [-0.1, -0.05) is 43.3 Å². The molecule has 0 aliphatic rings. The summed E-state index contributed by atoms with van der Waals surface area (Å²) in [5, 5.41) is 5.32. The van der Waals surface area contributed by atoms with Gasteiger partial charge >= 0.3 is 0 Å². The number of benzene rings is 2. The largest absolute Gasteiger partial charge is 0.0798 e. The highest BCUT2D eigenvalue weighted by Gasteiger charge is 1.92. The molecule has 2 rings (SSSR count). The maximum absolute atomic E-state index is 2.28. The van der Waals surface area contributed by atoms with E-state index in [1.165, 1.54) is 21.2 Å². The van der Waals surface area contributed by atoms with Crippen molar-refractivity contribution in [3.63, 3.8) is 0 Å². The Hall–Kier alpha value is -1.56. The van der Waals surface area contributed by atoms with Crippen molar-refractivity contribution in [1.82, 2.24) is 0 Å². The van der Waals surface area contributed by atoms with Crippen molar-refractivity contribution in [2.45, 2.75) is 20.3 Å². The van der Waals surface area contributed by atoms with Crippen LogP contribution >= 0.6 is 0 Å². The lowest BCUT2D eigenvalue weighted by atomic mass is 10.1. The van der Waals surface area contributed by atoms with Crippen LogP contribution in [0.25, 0.3) is 22.9 Å². The second-order valence-electron chi connectivity index (χ2n) is 3.73. The van der Waals surface area contributed by atoms with E-state index in [0.717, 1.165) is 6.42 Å². The minimum Gasteiger partial charge on any atom is -0.0798 e. The molecule has 0 heterocycles. The molecular weight excluding hydrogens is 180 g/mol. The maximum Gasteiger partial charge on any atom is -0.0178 e. The second-order valence-corrected chi connectivity index (χ2v) is 3.73. The van der Waals surface area contributed by atoms with Crippen LogP contribution in [0.4, 0.5) is 0 Å². The van der Waals surface area contributed by atoms with Crippen LogP contribution in [0.2, 0.25) is 0 Å². The first kappa shape index (κ1) is 9.97. The average molecular weight is 196 g/mol. The molecule has 0 saturated carbocycles. The zero-order chi connectivity index (χ0) is 10.7. The van der Waals surface area contributed by atoms with Crippen LogP contribution in [-0.2, 0) is 0 Å². The minimum atomic E-state index is 1.08. The first-order valence-electron chi connectivity index (χ1n) is 5.50. The summed E-state index contributed by atoms with van der Waals surface area (Å²) in [5.74, 6) is 0. The van der Waals surface area contributed by atoms with Gasteiger partial charge in [-0.25, -0.2) is 0 Å². The summed E-state index contributed by atoms with van der Waals surface area (Å²) in [6, 6.07) is 13.0. The predicted molar refractivity (Wildman–Crippen MR) is 68.1 cm³/mol. The monoisotopic (exact) mass is 196 g/mol. The van der Waals surface area contributed by atoms with Crippen LogP contribution in [-0.4, -0.2) is 0 Å². The fraction of sp³-hybridized carbons (Fsp3) is 0.200. The lowest BCUT2D eigenvalue weighted by Crippen LogP contribution is -2.23. The van der Waals surface area contributed by atoms with Gasteiger partial charge in [0.05, 0.1) is 0 Å². The van der Waals surface area contributed by atoms with E-state index in [-0.39, 0.29) is 0 Å². The smallest absolute Gasteiger partial charge is 0.0178 e. The molecule has 0 saturated heterocycles. The van der Waals surface area contributed by atoms with Crippen LogP contribution in [0, 0.1) is 0 Å². The lowest BCUT2D eigenvalue weighted by Gasteiger charge is -1.98. The van der Waals surface area contributed by atoms with Crippen molar-refractivity contribution >= 4 is 22.9 Å². The van der Waals surface area contributed by atoms with Crippen molar-refractivity contribution in [3.8, 4) is 0 Å². The highest BCUT2D eigenvalue weighted by Crippen LogP contribution is 2.07. The van der Waals surface area contributed by atoms with Gasteiger partial charge in [0.2, 0.25) is 0 Å². The van der Waals surface area contributed by atoms with E-state index < -0.39 is 0 Å². The number of fused-ring (bicyclic) bond motifs is 1. The van der Waals surface area contributed by atoms with Gasteiger partial charge in [-0.05, 0) is 46.7 Å². The number of rotatable bonds is 1. The van der Waals surface area contributed by atoms with Crippen LogP contribution in [0.3, 0.4) is 0 Å². The lowest BCUT2D eigenvalue weighted by molar-refractivity contribution is 1.28. The Morgan fingerprint density at radius 3 is 2.13 bits per heavy atom.